The summed E-state index contributed by atoms with van der Waals surface area (Å²) < 4.78 is 10.2. The van der Waals surface area contributed by atoms with Crippen molar-refractivity contribution in [1.82, 2.24) is 10.2 Å². The first-order valence-corrected chi connectivity index (χ1v) is 7.37. The van der Waals surface area contributed by atoms with E-state index in [4.69, 9.17) is 4.74 Å². The van der Waals surface area contributed by atoms with Gasteiger partial charge in [-0.25, -0.2) is 0 Å². The fourth-order valence-corrected chi connectivity index (χ4v) is 2.86. The molecule has 20 heavy (non-hydrogen) atoms. The Morgan fingerprint density at radius 1 is 1.35 bits per heavy atom. The molecule has 0 bridgehead atoms. The van der Waals surface area contributed by atoms with Crippen molar-refractivity contribution in [2.75, 3.05) is 33.4 Å². The van der Waals surface area contributed by atoms with Gasteiger partial charge in [0.25, 0.3) is 0 Å². The molecule has 1 heterocycles. The zero-order chi connectivity index (χ0) is 14.4. The minimum atomic E-state index is -0.271. The van der Waals surface area contributed by atoms with Gasteiger partial charge in [0.1, 0.15) is 0 Å². The molecule has 1 N–H and O–H groups in total. The third-order valence-electron chi connectivity index (χ3n) is 3.93. The second-order valence-corrected chi connectivity index (χ2v) is 5.56. The second-order valence-electron chi connectivity index (χ2n) is 5.56. The number of nitrogens with zero attached hydrogens (tertiary/aromatic N) is 1. The second kappa shape index (κ2) is 7.59. The molecule has 1 unspecified atom stereocenters. The Hall–Kier alpha value is -1.14. The summed E-state index contributed by atoms with van der Waals surface area (Å²) in [6, 6.07) is 0.356. The average Bonchev–Trinajstić information content (AvgIpc) is 2.91. The minimum absolute atomic E-state index is 0.0793. The van der Waals surface area contributed by atoms with Crippen molar-refractivity contribution in [1.29, 1.82) is 0 Å². The summed E-state index contributed by atoms with van der Waals surface area (Å²) in [5.74, 6) is -0.192. The third kappa shape index (κ3) is 4.76. The van der Waals surface area contributed by atoms with Crippen LogP contribution in [-0.4, -0.2) is 62.3 Å². The molecule has 0 aromatic rings. The van der Waals surface area contributed by atoms with Gasteiger partial charge in [0.2, 0.25) is 5.91 Å². The SMILES string of the molecule is COC(=O)CC1CN(CC(=O)NC2CCCC2)CCO1. The van der Waals surface area contributed by atoms with Crippen LogP contribution in [0.2, 0.25) is 0 Å². The summed E-state index contributed by atoms with van der Waals surface area (Å²) in [5.41, 5.74) is 0. The average molecular weight is 284 g/mol. The molecule has 2 rings (SSSR count). The first-order valence-electron chi connectivity index (χ1n) is 7.37. The largest absolute Gasteiger partial charge is 0.469 e. The molecule has 1 aliphatic carbocycles. The van der Waals surface area contributed by atoms with Crippen LogP contribution in [0, 0.1) is 0 Å². The van der Waals surface area contributed by atoms with Crippen molar-refractivity contribution in [2.24, 2.45) is 0 Å². The molecule has 0 spiro atoms. The summed E-state index contributed by atoms with van der Waals surface area (Å²) in [7, 11) is 1.37. The Bertz CT molecular complexity index is 342. The smallest absolute Gasteiger partial charge is 0.308 e. The third-order valence-corrected chi connectivity index (χ3v) is 3.93. The summed E-state index contributed by atoms with van der Waals surface area (Å²) in [5, 5.41) is 3.08. The molecule has 0 aromatic carbocycles. The standard InChI is InChI=1S/C14H24N2O4/c1-19-14(18)8-12-9-16(6-7-20-12)10-13(17)15-11-4-2-3-5-11/h11-12H,2-10H2,1H3,(H,15,17). The van der Waals surface area contributed by atoms with Crippen molar-refractivity contribution in [2.45, 2.75) is 44.2 Å². The van der Waals surface area contributed by atoms with Crippen LogP contribution in [0.5, 0.6) is 0 Å². The Morgan fingerprint density at radius 3 is 2.80 bits per heavy atom. The van der Waals surface area contributed by atoms with E-state index in [1.54, 1.807) is 0 Å². The molecule has 1 saturated carbocycles. The van der Waals surface area contributed by atoms with E-state index in [0.717, 1.165) is 19.4 Å². The lowest BCUT2D eigenvalue weighted by molar-refractivity contribution is -0.145. The Balaban J connectivity index is 1.71. The van der Waals surface area contributed by atoms with Gasteiger partial charge in [-0.1, -0.05) is 12.8 Å². The predicted octanol–water partition coefficient (Wildman–Crippen LogP) is 0.309. The van der Waals surface area contributed by atoms with E-state index in [1.807, 2.05) is 4.90 Å². The van der Waals surface area contributed by atoms with Crippen LogP contribution in [0.3, 0.4) is 0 Å². The van der Waals surface area contributed by atoms with Crippen molar-refractivity contribution >= 4 is 11.9 Å². The molecule has 114 valence electrons. The number of hydrogen-bond donors (Lipinski definition) is 1. The quantitative estimate of drug-likeness (QED) is 0.736. The number of hydrogen-bond acceptors (Lipinski definition) is 5. The highest BCUT2D eigenvalue weighted by Crippen LogP contribution is 2.17. The molecule has 1 atom stereocenters. The minimum Gasteiger partial charge on any atom is -0.469 e. The Labute approximate surface area is 119 Å². The lowest BCUT2D eigenvalue weighted by Gasteiger charge is -2.32. The monoisotopic (exact) mass is 284 g/mol. The van der Waals surface area contributed by atoms with E-state index in [0.29, 0.717) is 25.7 Å². The van der Waals surface area contributed by atoms with E-state index in [-0.39, 0.29) is 24.4 Å². The fraction of sp³-hybridized carbons (Fsp3) is 0.857. The first kappa shape index (κ1) is 15.3. The molecule has 2 aliphatic rings. The van der Waals surface area contributed by atoms with Crippen LogP contribution < -0.4 is 5.32 Å². The summed E-state index contributed by atoms with van der Waals surface area (Å²) >= 11 is 0. The van der Waals surface area contributed by atoms with Gasteiger partial charge in [0, 0.05) is 19.1 Å². The Kier molecular flexibility index (Phi) is 5.79. The van der Waals surface area contributed by atoms with Crippen LogP contribution in [0.1, 0.15) is 32.1 Å². The highest BCUT2D eigenvalue weighted by molar-refractivity contribution is 5.78. The number of carbonyl (C=O) groups is 2. The number of amides is 1. The maximum absolute atomic E-state index is 12.0. The van der Waals surface area contributed by atoms with Crippen molar-refractivity contribution < 1.29 is 19.1 Å². The van der Waals surface area contributed by atoms with Crippen molar-refractivity contribution in [3.8, 4) is 0 Å². The molecule has 1 amide bonds. The van der Waals surface area contributed by atoms with E-state index < -0.39 is 0 Å². The van der Waals surface area contributed by atoms with Gasteiger partial charge in [0.15, 0.2) is 0 Å². The molecule has 6 heteroatoms. The molecular weight excluding hydrogens is 260 g/mol. The maximum atomic E-state index is 12.0. The number of methoxy groups -OCH3 is 1. The van der Waals surface area contributed by atoms with Gasteiger partial charge in [-0.2, -0.15) is 0 Å². The molecule has 6 nitrogen and oxygen atoms in total. The molecule has 1 saturated heterocycles. The van der Waals surface area contributed by atoms with Gasteiger partial charge in [-0.3, -0.25) is 14.5 Å². The van der Waals surface area contributed by atoms with Crippen LogP contribution in [0.4, 0.5) is 0 Å². The van der Waals surface area contributed by atoms with E-state index in [1.165, 1.54) is 20.0 Å². The number of rotatable bonds is 5. The topological polar surface area (TPSA) is 67.9 Å². The van der Waals surface area contributed by atoms with E-state index in [9.17, 15) is 9.59 Å². The first-order chi connectivity index (χ1) is 9.67. The molecular formula is C14H24N2O4. The highest BCUT2D eigenvalue weighted by atomic mass is 16.5. The van der Waals surface area contributed by atoms with Crippen molar-refractivity contribution in [3.63, 3.8) is 0 Å². The normalized spacial score (nSPS) is 24.6. The number of ether oxygens (including phenoxy) is 2. The van der Waals surface area contributed by atoms with Crippen LogP contribution in [0.15, 0.2) is 0 Å². The number of esters is 1. The number of morpholine rings is 1. The highest BCUT2D eigenvalue weighted by Gasteiger charge is 2.25. The Morgan fingerprint density at radius 2 is 2.10 bits per heavy atom. The molecule has 0 aromatic heterocycles. The van der Waals surface area contributed by atoms with E-state index >= 15 is 0 Å². The maximum Gasteiger partial charge on any atom is 0.308 e. The van der Waals surface area contributed by atoms with Gasteiger partial charge in [-0.05, 0) is 12.8 Å². The predicted molar refractivity (Wildman–Crippen MR) is 73.2 cm³/mol. The fourth-order valence-electron chi connectivity index (χ4n) is 2.86. The van der Waals surface area contributed by atoms with Crippen LogP contribution in [0.25, 0.3) is 0 Å². The van der Waals surface area contributed by atoms with Gasteiger partial charge in [0.05, 0.1) is 32.8 Å². The summed E-state index contributed by atoms with van der Waals surface area (Å²) in [6.07, 6.45) is 4.69. The summed E-state index contributed by atoms with van der Waals surface area (Å²) in [4.78, 5) is 25.2. The van der Waals surface area contributed by atoms with Gasteiger partial charge < -0.3 is 14.8 Å². The lowest BCUT2D eigenvalue weighted by Crippen LogP contribution is -2.48. The van der Waals surface area contributed by atoms with Crippen LogP contribution in [-0.2, 0) is 19.1 Å². The molecule has 2 fully saturated rings. The van der Waals surface area contributed by atoms with Crippen LogP contribution >= 0.6 is 0 Å². The van der Waals surface area contributed by atoms with E-state index in [2.05, 4.69) is 10.1 Å². The van der Waals surface area contributed by atoms with Gasteiger partial charge >= 0.3 is 5.97 Å². The number of nitrogens with one attached hydrogen (secondary N) is 1. The zero-order valence-corrected chi connectivity index (χ0v) is 12.1. The molecule has 0 radical (unpaired) electrons. The molecule has 1 aliphatic heterocycles. The lowest BCUT2D eigenvalue weighted by atomic mass is 10.2. The zero-order valence-electron chi connectivity index (χ0n) is 12.1. The van der Waals surface area contributed by atoms with Crippen molar-refractivity contribution in [3.05, 3.63) is 0 Å². The summed E-state index contributed by atoms with van der Waals surface area (Å²) in [6.45, 7) is 2.28. The number of carbonyl (C=O) groups excluding carboxylic acids is 2. The van der Waals surface area contributed by atoms with Gasteiger partial charge in [-0.15, -0.1) is 0 Å².